The third-order valence-corrected chi connectivity index (χ3v) is 5.58. The Hall–Kier alpha value is -1.65. The molecule has 1 aliphatic heterocycles. The summed E-state index contributed by atoms with van der Waals surface area (Å²) >= 11 is 7.85. The summed E-state index contributed by atoms with van der Waals surface area (Å²) in [6, 6.07) is 7.72. The number of hydrogen-bond donors (Lipinski definition) is 1. The van der Waals surface area contributed by atoms with Crippen LogP contribution in [0.3, 0.4) is 0 Å². The fraction of sp³-hybridized carbons (Fsp3) is 0.294. The maximum absolute atomic E-state index is 12.0. The predicted octanol–water partition coefficient (Wildman–Crippen LogP) is 4.07. The third kappa shape index (κ3) is 2.36. The minimum absolute atomic E-state index is 0.0446. The van der Waals surface area contributed by atoms with Crippen LogP contribution in [-0.2, 0) is 17.6 Å². The van der Waals surface area contributed by atoms with Crippen molar-refractivity contribution in [3.8, 4) is 0 Å². The van der Waals surface area contributed by atoms with Crippen LogP contribution in [-0.4, -0.2) is 18.2 Å². The molecular weight excluding hydrogens is 316 g/mol. The number of halogens is 1. The first kappa shape index (κ1) is 14.0. The van der Waals surface area contributed by atoms with Gasteiger partial charge < -0.3 is 5.32 Å². The smallest absolute Gasteiger partial charge is 0.246 e. The van der Waals surface area contributed by atoms with E-state index in [1.165, 1.54) is 23.3 Å². The van der Waals surface area contributed by atoms with Crippen molar-refractivity contribution in [1.82, 2.24) is 0 Å². The van der Waals surface area contributed by atoms with Gasteiger partial charge in [0, 0.05) is 21.0 Å². The Morgan fingerprint density at radius 1 is 1.23 bits per heavy atom. The van der Waals surface area contributed by atoms with Gasteiger partial charge in [0.25, 0.3) is 0 Å². The molecule has 112 valence electrons. The van der Waals surface area contributed by atoms with E-state index in [1.807, 2.05) is 24.3 Å². The van der Waals surface area contributed by atoms with Crippen molar-refractivity contribution < 1.29 is 4.79 Å². The second-order valence-electron chi connectivity index (χ2n) is 5.64. The van der Waals surface area contributed by atoms with Gasteiger partial charge in [0.05, 0.1) is 5.71 Å². The van der Waals surface area contributed by atoms with Crippen LogP contribution in [0.15, 0.2) is 29.3 Å². The van der Waals surface area contributed by atoms with Gasteiger partial charge in [-0.25, -0.2) is 0 Å². The largest absolute Gasteiger partial charge is 0.316 e. The molecule has 2 aromatic rings. The number of rotatable bonds is 1. The van der Waals surface area contributed by atoms with Gasteiger partial charge in [0.1, 0.15) is 11.5 Å². The number of fused-ring (bicyclic) bond motifs is 3. The minimum Gasteiger partial charge on any atom is -0.316 e. The predicted molar refractivity (Wildman–Crippen MR) is 91.5 cm³/mol. The highest BCUT2D eigenvalue weighted by atomic mass is 35.5. The average Bonchev–Trinajstić information content (AvgIpc) is 2.77. The van der Waals surface area contributed by atoms with E-state index in [2.05, 4.69) is 10.3 Å². The van der Waals surface area contributed by atoms with Gasteiger partial charge in [-0.05, 0) is 43.4 Å². The molecule has 0 saturated heterocycles. The lowest BCUT2D eigenvalue weighted by Gasteiger charge is -2.14. The molecular formula is C17H15ClN2OS. The fourth-order valence-corrected chi connectivity index (χ4v) is 4.67. The van der Waals surface area contributed by atoms with Gasteiger partial charge in [0.15, 0.2) is 0 Å². The summed E-state index contributed by atoms with van der Waals surface area (Å²) in [5, 5.41) is 4.67. The molecule has 5 heteroatoms. The van der Waals surface area contributed by atoms with Crippen molar-refractivity contribution in [2.45, 2.75) is 25.7 Å². The molecule has 1 aromatic heterocycles. The van der Waals surface area contributed by atoms with Crippen molar-refractivity contribution in [2.75, 3.05) is 11.9 Å². The van der Waals surface area contributed by atoms with E-state index in [0.29, 0.717) is 5.02 Å². The Bertz CT molecular complexity index is 794. The number of aliphatic imine (C=N–C) groups is 1. The van der Waals surface area contributed by atoms with Crippen LogP contribution in [0, 0.1) is 0 Å². The number of hydrogen-bond acceptors (Lipinski definition) is 3. The molecule has 1 amide bonds. The van der Waals surface area contributed by atoms with E-state index in [-0.39, 0.29) is 12.5 Å². The summed E-state index contributed by atoms with van der Waals surface area (Å²) in [5.74, 6) is -0.0446. The Morgan fingerprint density at radius 2 is 2.09 bits per heavy atom. The minimum atomic E-state index is -0.0446. The van der Waals surface area contributed by atoms with Crippen molar-refractivity contribution >= 4 is 39.6 Å². The first-order valence-corrected chi connectivity index (χ1v) is 8.67. The molecule has 0 saturated carbocycles. The maximum Gasteiger partial charge on any atom is 0.246 e. The van der Waals surface area contributed by atoms with Crippen LogP contribution in [0.2, 0.25) is 5.02 Å². The van der Waals surface area contributed by atoms with Crippen LogP contribution in [0.5, 0.6) is 0 Å². The van der Waals surface area contributed by atoms with Crippen LogP contribution >= 0.6 is 22.9 Å². The summed E-state index contributed by atoms with van der Waals surface area (Å²) in [4.78, 5) is 18.0. The molecule has 0 radical (unpaired) electrons. The van der Waals surface area contributed by atoms with Crippen LogP contribution in [0.1, 0.15) is 34.4 Å². The number of nitrogens with zero attached hydrogens (tertiary/aromatic N) is 1. The molecule has 4 rings (SSSR count). The summed E-state index contributed by atoms with van der Waals surface area (Å²) in [5.41, 5.74) is 4.37. The topological polar surface area (TPSA) is 41.5 Å². The zero-order valence-corrected chi connectivity index (χ0v) is 13.6. The molecule has 1 N–H and O–H groups in total. The molecule has 3 nitrogen and oxygen atoms in total. The van der Waals surface area contributed by atoms with Gasteiger partial charge in [-0.1, -0.05) is 23.7 Å². The lowest BCUT2D eigenvalue weighted by Crippen LogP contribution is -2.12. The van der Waals surface area contributed by atoms with Gasteiger partial charge in [-0.15, -0.1) is 11.3 Å². The molecule has 22 heavy (non-hydrogen) atoms. The molecule has 0 unspecified atom stereocenters. The molecule has 2 heterocycles. The van der Waals surface area contributed by atoms with E-state index in [1.54, 1.807) is 11.3 Å². The average molecular weight is 331 g/mol. The highest BCUT2D eigenvalue weighted by Crippen LogP contribution is 2.40. The normalized spacial score (nSPS) is 17.1. The van der Waals surface area contributed by atoms with E-state index in [0.717, 1.165) is 34.7 Å². The molecule has 0 fully saturated rings. The number of aryl methyl sites for hydroxylation is 1. The van der Waals surface area contributed by atoms with Gasteiger partial charge in [-0.2, -0.15) is 0 Å². The van der Waals surface area contributed by atoms with Crippen molar-refractivity contribution in [3.05, 3.63) is 50.9 Å². The zero-order chi connectivity index (χ0) is 15.1. The number of nitrogens with one attached hydrogen (secondary N) is 1. The lowest BCUT2D eigenvalue weighted by molar-refractivity contribution is -0.114. The number of anilines is 1. The Morgan fingerprint density at radius 3 is 2.95 bits per heavy atom. The monoisotopic (exact) mass is 330 g/mol. The quantitative estimate of drug-likeness (QED) is 0.841. The second kappa shape index (κ2) is 5.52. The van der Waals surface area contributed by atoms with Crippen molar-refractivity contribution in [3.63, 3.8) is 0 Å². The standard InChI is InChI=1S/C17H15ClN2OS/c18-11-5-3-4-10(8-11)16-15-12-6-1-2-7-13(12)22-17(15)20-14(21)9-19-16/h3-5,8H,1-2,6-7,9H2,(H,20,21). The molecule has 1 aromatic carbocycles. The van der Waals surface area contributed by atoms with E-state index < -0.39 is 0 Å². The van der Waals surface area contributed by atoms with Crippen molar-refractivity contribution in [2.24, 2.45) is 4.99 Å². The van der Waals surface area contributed by atoms with Gasteiger partial charge in [0.2, 0.25) is 5.91 Å². The number of benzene rings is 1. The maximum atomic E-state index is 12.0. The fourth-order valence-electron chi connectivity index (χ4n) is 3.17. The zero-order valence-electron chi connectivity index (χ0n) is 12.0. The summed E-state index contributed by atoms with van der Waals surface area (Å²) in [6.07, 6.45) is 4.60. The number of carbonyl (C=O) groups excluding carboxylic acids is 1. The second-order valence-corrected chi connectivity index (χ2v) is 7.18. The Kier molecular flexibility index (Phi) is 3.51. The summed E-state index contributed by atoms with van der Waals surface area (Å²) in [7, 11) is 0. The molecule has 0 atom stereocenters. The van der Waals surface area contributed by atoms with E-state index in [9.17, 15) is 4.79 Å². The van der Waals surface area contributed by atoms with E-state index in [4.69, 9.17) is 11.6 Å². The number of thiophene rings is 1. The van der Waals surface area contributed by atoms with E-state index >= 15 is 0 Å². The SMILES string of the molecule is O=C1CN=C(c2cccc(Cl)c2)c2c(sc3c2CCCC3)N1. The Balaban J connectivity index is 1.93. The molecule has 0 bridgehead atoms. The third-order valence-electron chi connectivity index (χ3n) is 4.14. The van der Waals surface area contributed by atoms with Crippen LogP contribution < -0.4 is 5.32 Å². The number of amides is 1. The van der Waals surface area contributed by atoms with Crippen LogP contribution in [0.25, 0.3) is 0 Å². The molecule has 1 aliphatic carbocycles. The summed E-state index contributed by atoms with van der Waals surface area (Å²) < 4.78 is 0. The highest BCUT2D eigenvalue weighted by molar-refractivity contribution is 7.17. The Labute approximate surface area is 138 Å². The summed E-state index contributed by atoms with van der Waals surface area (Å²) in [6.45, 7) is 0.165. The van der Waals surface area contributed by atoms with Gasteiger partial charge >= 0.3 is 0 Å². The number of carbonyl (C=O) groups is 1. The highest BCUT2D eigenvalue weighted by Gasteiger charge is 2.27. The first-order valence-electron chi connectivity index (χ1n) is 7.47. The van der Waals surface area contributed by atoms with Gasteiger partial charge in [-0.3, -0.25) is 9.79 Å². The molecule has 0 spiro atoms. The lowest BCUT2D eigenvalue weighted by atomic mass is 9.91. The van der Waals surface area contributed by atoms with Crippen LogP contribution in [0.4, 0.5) is 5.00 Å². The van der Waals surface area contributed by atoms with Crippen molar-refractivity contribution in [1.29, 1.82) is 0 Å². The first-order chi connectivity index (χ1) is 10.7. The molecule has 2 aliphatic rings.